The van der Waals surface area contributed by atoms with Crippen molar-refractivity contribution in [3.8, 4) is 0 Å². The number of carbonyl (C=O) groups is 2. The number of hydrogen-bond donors (Lipinski definition) is 1. The smallest absolute Gasteiger partial charge is 0.243 e. The van der Waals surface area contributed by atoms with Crippen LogP contribution in [-0.4, -0.2) is 17.9 Å². The Morgan fingerprint density at radius 1 is 1.13 bits per heavy atom. The van der Waals surface area contributed by atoms with Crippen LogP contribution in [0.3, 0.4) is 0 Å². The van der Waals surface area contributed by atoms with Gasteiger partial charge in [0.05, 0.1) is 0 Å². The number of anilines is 1. The van der Waals surface area contributed by atoms with Crippen molar-refractivity contribution in [1.82, 2.24) is 5.32 Å². The van der Waals surface area contributed by atoms with E-state index in [1.165, 1.54) is 0 Å². The molecule has 0 bridgehead atoms. The van der Waals surface area contributed by atoms with Gasteiger partial charge >= 0.3 is 0 Å². The van der Waals surface area contributed by atoms with Crippen molar-refractivity contribution < 1.29 is 9.59 Å². The van der Waals surface area contributed by atoms with Crippen LogP contribution in [0.2, 0.25) is 5.02 Å². The van der Waals surface area contributed by atoms with E-state index in [-0.39, 0.29) is 11.8 Å². The van der Waals surface area contributed by atoms with Gasteiger partial charge in [-0.25, -0.2) is 0 Å². The molecule has 1 saturated heterocycles. The van der Waals surface area contributed by atoms with Gasteiger partial charge in [0.1, 0.15) is 6.04 Å². The molecule has 2 aromatic rings. The van der Waals surface area contributed by atoms with Crippen molar-refractivity contribution >= 4 is 29.1 Å². The monoisotopic (exact) mass is 328 g/mol. The molecule has 1 atom stereocenters. The third-order valence-corrected chi connectivity index (χ3v) is 4.33. The summed E-state index contributed by atoms with van der Waals surface area (Å²) >= 11 is 6.10. The lowest BCUT2D eigenvalue weighted by Gasteiger charge is -2.24. The third-order valence-electron chi connectivity index (χ3n) is 3.96. The molecule has 1 fully saturated rings. The summed E-state index contributed by atoms with van der Waals surface area (Å²) in [5, 5.41) is 3.51. The van der Waals surface area contributed by atoms with E-state index in [2.05, 4.69) is 5.32 Å². The highest BCUT2D eigenvalue weighted by atomic mass is 35.5. The summed E-state index contributed by atoms with van der Waals surface area (Å²) in [5.74, 6) is -0.172. The number of para-hydroxylation sites is 1. The Morgan fingerprint density at radius 2 is 1.83 bits per heavy atom. The molecule has 0 radical (unpaired) electrons. The summed E-state index contributed by atoms with van der Waals surface area (Å²) < 4.78 is 0. The van der Waals surface area contributed by atoms with Gasteiger partial charge in [-0.3, -0.25) is 14.5 Å². The average Bonchev–Trinajstić information content (AvgIpc) is 2.96. The molecule has 0 unspecified atom stereocenters. The van der Waals surface area contributed by atoms with Crippen molar-refractivity contribution in [2.24, 2.45) is 0 Å². The van der Waals surface area contributed by atoms with E-state index in [0.29, 0.717) is 24.4 Å². The summed E-state index contributed by atoms with van der Waals surface area (Å²) in [4.78, 5) is 26.2. The minimum absolute atomic E-state index is 0.0194. The van der Waals surface area contributed by atoms with E-state index in [4.69, 9.17) is 11.6 Å². The highest BCUT2D eigenvalue weighted by molar-refractivity contribution is 6.31. The summed E-state index contributed by atoms with van der Waals surface area (Å²) in [6.45, 7) is 0.353. The van der Waals surface area contributed by atoms with Crippen molar-refractivity contribution in [1.29, 1.82) is 0 Å². The van der Waals surface area contributed by atoms with Crippen molar-refractivity contribution in [3.63, 3.8) is 0 Å². The normalized spacial score (nSPS) is 17.3. The van der Waals surface area contributed by atoms with E-state index in [1.54, 1.807) is 11.0 Å². The van der Waals surface area contributed by atoms with E-state index >= 15 is 0 Å². The van der Waals surface area contributed by atoms with Crippen LogP contribution in [0.5, 0.6) is 0 Å². The lowest BCUT2D eigenvalue weighted by Crippen LogP contribution is -2.44. The van der Waals surface area contributed by atoms with Gasteiger partial charge in [-0.15, -0.1) is 0 Å². The zero-order valence-corrected chi connectivity index (χ0v) is 13.3. The van der Waals surface area contributed by atoms with Crippen molar-refractivity contribution in [3.05, 3.63) is 65.2 Å². The summed E-state index contributed by atoms with van der Waals surface area (Å²) in [5.41, 5.74) is 1.62. The molecule has 1 aliphatic heterocycles. The molecule has 3 rings (SSSR count). The lowest BCUT2D eigenvalue weighted by atomic mass is 10.1. The molecule has 2 amide bonds. The average molecular weight is 329 g/mol. The van der Waals surface area contributed by atoms with Crippen LogP contribution in [0.1, 0.15) is 18.4 Å². The largest absolute Gasteiger partial charge is 0.350 e. The number of amides is 2. The SMILES string of the molecule is O=C(NCc1ccccc1Cl)[C@@H]1CCC(=O)N1c1ccccc1. The Morgan fingerprint density at radius 3 is 2.57 bits per heavy atom. The van der Waals surface area contributed by atoms with Crippen LogP contribution in [0.15, 0.2) is 54.6 Å². The molecule has 5 heteroatoms. The lowest BCUT2D eigenvalue weighted by molar-refractivity contribution is -0.124. The molecular formula is C18H17ClN2O2. The molecule has 4 nitrogen and oxygen atoms in total. The standard InChI is InChI=1S/C18H17ClN2O2/c19-15-9-5-4-6-13(15)12-20-18(23)16-10-11-17(22)21(16)14-7-2-1-3-8-14/h1-9,16H,10-12H2,(H,20,23)/t16-/m0/s1. The van der Waals surface area contributed by atoms with Crippen LogP contribution in [0, 0.1) is 0 Å². The highest BCUT2D eigenvalue weighted by Crippen LogP contribution is 2.26. The van der Waals surface area contributed by atoms with Crippen LogP contribution >= 0.6 is 11.6 Å². The molecule has 23 heavy (non-hydrogen) atoms. The zero-order chi connectivity index (χ0) is 16.2. The minimum atomic E-state index is -0.465. The number of halogens is 1. The maximum atomic E-state index is 12.5. The number of carbonyl (C=O) groups excluding carboxylic acids is 2. The molecule has 2 aromatic carbocycles. The predicted octanol–water partition coefficient (Wildman–Crippen LogP) is 3.15. The summed E-state index contributed by atoms with van der Waals surface area (Å²) in [7, 11) is 0. The molecule has 0 spiro atoms. The second kappa shape index (κ2) is 6.84. The highest BCUT2D eigenvalue weighted by Gasteiger charge is 2.36. The van der Waals surface area contributed by atoms with Crippen LogP contribution in [0.25, 0.3) is 0 Å². The van der Waals surface area contributed by atoms with Gasteiger partial charge < -0.3 is 5.32 Å². The second-order valence-electron chi connectivity index (χ2n) is 5.46. The maximum Gasteiger partial charge on any atom is 0.243 e. The maximum absolute atomic E-state index is 12.5. The molecule has 118 valence electrons. The van der Waals surface area contributed by atoms with E-state index in [1.807, 2.05) is 48.5 Å². The summed E-state index contributed by atoms with van der Waals surface area (Å²) in [6.07, 6.45) is 0.918. The first-order valence-electron chi connectivity index (χ1n) is 7.55. The Kier molecular flexibility index (Phi) is 4.63. The summed E-state index contributed by atoms with van der Waals surface area (Å²) in [6, 6.07) is 16.2. The fourth-order valence-electron chi connectivity index (χ4n) is 2.79. The van der Waals surface area contributed by atoms with Gasteiger partial charge in [-0.05, 0) is 30.2 Å². The molecular weight excluding hydrogens is 312 g/mol. The first-order chi connectivity index (χ1) is 11.2. The zero-order valence-electron chi connectivity index (χ0n) is 12.5. The topological polar surface area (TPSA) is 49.4 Å². The Bertz CT molecular complexity index is 718. The minimum Gasteiger partial charge on any atom is -0.350 e. The number of benzene rings is 2. The Hall–Kier alpha value is -2.33. The van der Waals surface area contributed by atoms with Crippen molar-refractivity contribution in [2.75, 3.05) is 4.90 Å². The first-order valence-corrected chi connectivity index (χ1v) is 7.93. The third kappa shape index (κ3) is 3.37. The van der Waals surface area contributed by atoms with Gasteiger partial charge in [0.25, 0.3) is 0 Å². The number of rotatable bonds is 4. The van der Waals surface area contributed by atoms with Crippen LogP contribution in [-0.2, 0) is 16.1 Å². The molecule has 1 heterocycles. The predicted molar refractivity (Wildman–Crippen MR) is 90.2 cm³/mol. The fraction of sp³-hybridized carbons (Fsp3) is 0.222. The molecule has 0 aromatic heterocycles. The van der Waals surface area contributed by atoms with Gasteiger partial charge in [0.2, 0.25) is 11.8 Å². The second-order valence-corrected chi connectivity index (χ2v) is 5.87. The number of nitrogens with one attached hydrogen (secondary N) is 1. The number of hydrogen-bond acceptors (Lipinski definition) is 2. The first kappa shape index (κ1) is 15.6. The van der Waals surface area contributed by atoms with Crippen LogP contribution in [0.4, 0.5) is 5.69 Å². The van der Waals surface area contributed by atoms with E-state index < -0.39 is 6.04 Å². The van der Waals surface area contributed by atoms with E-state index in [0.717, 1.165) is 11.3 Å². The van der Waals surface area contributed by atoms with Gasteiger partial charge in [-0.2, -0.15) is 0 Å². The fourth-order valence-corrected chi connectivity index (χ4v) is 2.99. The van der Waals surface area contributed by atoms with Crippen molar-refractivity contribution in [2.45, 2.75) is 25.4 Å². The Balaban J connectivity index is 1.71. The molecule has 1 aliphatic rings. The van der Waals surface area contributed by atoms with Gasteiger partial charge in [0, 0.05) is 23.7 Å². The molecule has 1 N–H and O–H groups in total. The molecule has 0 aliphatic carbocycles. The Labute approximate surface area is 140 Å². The number of nitrogens with zero attached hydrogens (tertiary/aromatic N) is 1. The molecule has 0 saturated carbocycles. The quantitative estimate of drug-likeness (QED) is 0.937. The van der Waals surface area contributed by atoms with Gasteiger partial charge in [0.15, 0.2) is 0 Å². The van der Waals surface area contributed by atoms with Crippen LogP contribution < -0.4 is 10.2 Å². The van der Waals surface area contributed by atoms with Gasteiger partial charge in [-0.1, -0.05) is 48.0 Å². The van der Waals surface area contributed by atoms with E-state index in [9.17, 15) is 9.59 Å².